The maximum atomic E-state index is 10.9. The van der Waals surface area contributed by atoms with Crippen LogP contribution in [0, 0.1) is 0 Å². The predicted octanol–water partition coefficient (Wildman–Crippen LogP) is 2.79. The second kappa shape index (κ2) is 4.82. The second-order valence-electron chi connectivity index (χ2n) is 4.16. The van der Waals surface area contributed by atoms with Crippen molar-refractivity contribution in [1.82, 2.24) is 14.6 Å². The number of carbonyl (C=O) groups excluding carboxylic acids is 1. The van der Waals surface area contributed by atoms with E-state index in [9.17, 15) is 4.79 Å². The molecule has 2 aromatic heterocycles. The Morgan fingerprint density at radius 1 is 1.16 bits per heavy atom. The minimum atomic E-state index is 0.528. The maximum Gasteiger partial charge on any atom is 0.171 e. The number of pyridine rings is 1. The molecule has 0 bridgehead atoms. The summed E-state index contributed by atoms with van der Waals surface area (Å²) in [5, 5.41) is 8.89. The zero-order valence-electron chi connectivity index (χ0n) is 9.95. The Morgan fingerprint density at radius 3 is 2.79 bits per heavy atom. The van der Waals surface area contributed by atoms with Crippen molar-refractivity contribution in [2.45, 2.75) is 6.42 Å². The van der Waals surface area contributed by atoms with Crippen LogP contribution in [0.5, 0.6) is 0 Å². The number of nitrogens with zero attached hydrogens (tertiary/aromatic N) is 3. The van der Waals surface area contributed by atoms with Gasteiger partial charge in [0.15, 0.2) is 11.9 Å². The van der Waals surface area contributed by atoms with Gasteiger partial charge >= 0.3 is 0 Å². The lowest BCUT2D eigenvalue weighted by Gasteiger charge is -2.03. The van der Waals surface area contributed by atoms with Crippen LogP contribution in [0.2, 0.25) is 5.02 Å². The van der Waals surface area contributed by atoms with Crippen LogP contribution in [0.1, 0.15) is 21.7 Å². The lowest BCUT2D eigenvalue weighted by molar-refractivity contribution is 0.112. The van der Waals surface area contributed by atoms with Gasteiger partial charge in [-0.15, -0.1) is 10.2 Å². The number of aromatic nitrogens is 3. The summed E-state index contributed by atoms with van der Waals surface area (Å²) in [4.78, 5) is 10.9. The minimum absolute atomic E-state index is 0.528. The van der Waals surface area contributed by atoms with Gasteiger partial charge in [0.1, 0.15) is 5.82 Å². The van der Waals surface area contributed by atoms with Crippen LogP contribution in [0.25, 0.3) is 5.65 Å². The first-order valence-corrected chi connectivity index (χ1v) is 6.18. The van der Waals surface area contributed by atoms with E-state index in [2.05, 4.69) is 10.2 Å². The van der Waals surface area contributed by atoms with Crippen molar-refractivity contribution in [2.75, 3.05) is 0 Å². The summed E-state index contributed by atoms with van der Waals surface area (Å²) < 4.78 is 1.81. The highest BCUT2D eigenvalue weighted by Crippen LogP contribution is 2.19. The third kappa shape index (κ3) is 2.11. The maximum absolute atomic E-state index is 10.9. The smallest absolute Gasteiger partial charge is 0.171 e. The predicted molar refractivity (Wildman–Crippen MR) is 72.6 cm³/mol. The second-order valence-corrected chi connectivity index (χ2v) is 4.57. The van der Waals surface area contributed by atoms with Gasteiger partial charge in [0.05, 0.1) is 5.56 Å². The van der Waals surface area contributed by atoms with Gasteiger partial charge in [0, 0.05) is 17.6 Å². The van der Waals surface area contributed by atoms with Crippen LogP contribution in [-0.2, 0) is 6.42 Å². The molecule has 0 aliphatic heterocycles. The van der Waals surface area contributed by atoms with Gasteiger partial charge in [-0.05, 0) is 23.8 Å². The van der Waals surface area contributed by atoms with Crippen molar-refractivity contribution < 1.29 is 4.79 Å². The molecular weight excluding hydrogens is 262 g/mol. The SMILES string of the molecule is O=Cc1cccn2c(Cc3ccccc3Cl)nnc12. The number of aldehydes is 1. The lowest BCUT2D eigenvalue weighted by Crippen LogP contribution is -1.98. The summed E-state index contributed by atoms with van der Waals surface area (Å²) in [5.74, 6) is 0.756. The number of rotatable bonds is 3. The molecule has 0 spiro atoms. The topological polar surface area (TPSA) is 47.3 Å². The molecule has 3 aromatic rings. The molecule has 3 rings (SSSR count). The fraction of sp³-hybridized carbons (Fsp3) is 0.0714. The van der Waals surface area contributed by atoms with Gasteiger partial charge in [-0.1, -0.05) is 29.8 Å². The summed E-state index contributed by atoms with van der Waals surface area (Å²) in [5.41, 5.74) is 2.08. The molecule has 0 fully saturated rings. The van der Waals surface area contributed by atoms with Crippen LogP contribution in [-0.4, -0.2) is 20.9 Å². The van der Waals surface area contributed by atoms with E-state index in [0.717, 1.165) is 17.7 Å². The Balaban J connectivity index is 2.07. The Bertz CT molecular complexity index is 751. The summed E-state index contributed by atoms with van der Waals surface area (Å²) in [7, 11) is 0. The van der Waals surface area contributed by atoms with Crippen molar-refractivity contribution >= 4 is 23.5 Å². The molecule has 0 unspecified atom stereocenters. The fourth-order valence-electron chi connectivity index (χ4n) is 2.01. The van der Waals surface area contributed by atoms with Crippen LogP contribution in [0.4, 0.5) is 0 Å². The van der Waals surface area contributed by atoms with Crippen LogP contribution in [0.3, 0.4) is 0 Å². The van der Waals surface area contributed by atoms with Gasteiger partial charge in [-0.2, -0.15) is 0 Å². The number of halogens is 1. The molecule has 0 saturated carbocycles. The third-order valence-corrected chi connectivity index (χ3v) is 3.34. The molecule has 1 aromatic carbocycles. The number of fused-ring (bicyclic) bond motifs is 1. The number of carbonyl (C=O) groups is 1. The largest absolute Gasteiger partial charge is 0.298 e. The van der Waals surface area contributed by atoms with E-state index < -0.39 is 0 Å². The highest BCUT2D eigenvalue weighted by Gasteiger charge is 2.10. The first kappa shape index (κ1) is 11.9. The normalized spacial score (nSPS) is 10.8. The van der Waals surface area contributed by atoms with E-state index in [0.29, 0.717) is 22.7 Å². The van der Waals surface area contributed by atoms with Crippen molar-refractivity contribution in [3.63, 3.8) is 0 Å². The van der Waals surface area contributed by atoms with Crippen LogP contribution < -0.4 is 0 Å². The first-order chi connectivity index (χ1) is 9.29. The number of hydrogen-bond donors (Lipinski definition) is 0. The molecule has 2 heterocycles. The van der Waals surface area contributed by atoms with Crippen molar-refractivity contribution in [3.05, 3.63) is 64.6 Å². The highest BCUT2D eigenvalue weighted by atomic mass is 35.5. The molecule has 0 radical (unpaired) electrons. The van der Waals surface area contributed by atoms with Crippen LogP contribution >= 0.6 is 11.6 Å². The van der Waals surface area contributed by atoms with Gasteiger partial charge in [0.2, 0.25) is 0 Å². The summed E-state index contributed by atoms with van der Waals surface area (Å²) in [6.07, 6.45) is 3.20. The van der Waals surface area contributed by atoms with Gasteiger partial charge < -0.3 is 0 Å². The monoisotopic (exact) mass is 271 g/mol. The summed E-state index contributed by atoms with van der Waals surface area (Å²) >= 11 is 6.14. The zero-order valence-corrected chi connectivity index (χ0v) is 10.7. The fourth-order valence-corrected chi connectivity index (χ4v) is 2.21. The Kier molecular flexibility index (Phi) is 3.01. The highest BCUT2D eigenvalue weighted by molar-refractivity contribution is 6.31. The van der Waals surface area contributed by atoms with Crippen LogP contribution in [0.15, 0.2) is 42.6 Å². The van der Waals surface area contributed by atoms with Gasteiger partial charge in [-0.3, -0.25) is 9.20 Å². The van der Waals surface area contributed by atoms with Gasteiger partial charge in [-0.25, -0.2) is 0 Å². The molecule has 94 valence electrons. The van der Waals surface area contributed by atoms with E-state index >= 15 is 0 Å². The molecule has 5 heteroatoms. The van der Waals surface area contributed by atoms with Crippen molar-refractivity contribution in [1.29, 1.82) is 0 Å². The molecule has 0 atom stereocenters. The van der Waals surface area contributed by atoms with E-state index in [1.54, 1.807) is 12.1 Å². The summed E-state index contributed by atoms with van der Waals surface area (Å²) in [6, 6.07) is 11.1. The summed E-state index contributed by atoms with van der Waals surface area (Å²) in [6.45, 7) is 0. The van der Waals surface area contributed by atoms with Gasteiger partial charge in [0.25, 0.3) is 0 Å². The Labute approximate surface area is 114 Å². The van der Waals surface area contributed by atoms with E-state index in [4.69, 9.17) is 11.6 Å². The average molecular weight is 272 g/mol. The standard InChI is InChI=1S/C14H10ClN3O/c15-12-6-2-1-4-10(12)8-13-16-17-14-11(9-19)5-3-7-18(13)14/h1-7,9H,8H2. The van der Waals surface area contributed by atoms with E-state index in [1.807, 2.05) is 34.9 Å². The lowest BCUT2D eigenvalue weighted by atomic mass is 10.1. The zero-order chi connectivity index (χ0) is 13.2. The quantitative estimate of drug-likeness (QED) is 0.688. The first-order valence-electron chi connectivity index (χ1n) is 5.81. The Morgan fingerprint density at radius 2 is 2.00 bits per heavy atom. The molecule has 0 saturated heterocycles. The van der Waals surface area contributed by atoms with E-state index in [-0.39, 0.29) is 0 Å². The number of benzene rings is 1. The van der Waals surface area contributed by atoms with E-state index in [1.165, 1.54) is 0 Å². The molecule has 0 N–H and O–H groups in total. The van der Waals surface area contributed by atoms with Crippen molar-refractivity contribution in [2.24, 2.45) is 0 Å². The molecule has 4 nitrogen and oxygen atoms in total. The molecular formula is C14H10ClN3O. The molecule has 0 amide bonds. The average Bonchev–Trinajstić information content (AvgIpc) is 2.84. The minimum Gasteiger partial charge on any atom is -0.298 e. The molecule has 19 heavy (non-hydrogen) atoms. The third-order valence-electron chi connectivity index (χ3n) is 2.97. The van der Waals surface area contributed by atoms with Crippen molar-refractivity contribution in [3.8, 4) is 0 Å². The molecule has 0 aliphatic carbocycles. The molecule has 0 aliphatic rings. The Hall–Kier alpha value is -2.20. The number of hydrogen-bond acceptors (Lipinski definition) is 3.